The van der Waals surface area contributed by atoms with E-state index in [4.69, 9.17) is 14.0 Å². The summed E-state index contributed by atoms with van der Waals surface area (Å²) in [6.07, 6.45) is 0. The molecule has 2 aromatic heterocycles. The van der Waals surface area contributed by atoms with Crippen molar-refractivity contribution in [1.82, 2.24) is 14.9 Å². The van der Waals surface area contributed by atoms with Crippen molar-refractivity contribution in [1.29, 1.82) is 0 Å². The highest BCUT2D eigenvalue weighted by Crippen LogP contribution is 2.27. The van der Waals surface area contributed by atoms with E-state index < -0.39 is 21.5 Å². The quantitative estimate of drug-likeness (QED) is 0.544. The third-order valence-corrected chi connectivity index (χ3v) is 6.30. The number of hydrogen-bond donors (Lipinski definition) is 1. The van der Waals surface area contributed by atoms with E-state index in [9.17, 15) is 13.2 Å². The van der Waals surface area contributed by atoms with Crippen molar-refractivity contribution in [3.8, 4) is 16.5 Å². The second-order valence-electron chi connectivity index (χ2n) is 7.29. The van der Waals surface area contributed by atoms with Gasteiger partial charge in [0, 0.05) is 5.54 Å². The molecular formula is C19H21N3O6S2. The zero-order valence-corrected chi connectivity index (χ0v) is 18.5. The fraction of sp³-hybridized carbons (Fsp3) is 0.316. The van der Waals surface area contributed by atoms with Crippen LogP contribution in [0.2, 0.25) is 0 Å². The van der Waals surface area contributed by atoms with E-state index in [2.05, 4.69) is 14.9 Å². The van der Waals surface area contributed by atoms with Crippen LogP contribution in [0.15, 0.2) is 45.1 Å². The first-order valence-corrected chi connectivity index (χ1v) is 11.2. The van der Waals surface area contributed by atoms with Gasteiger partial charge >= 0.3 is 5.97 Å². The van der Waals surface area contributed by atoms with Crippen molar-refractivity contribution >= 4 is 27.3 Å². The molecule has 160 valence electrons. The Morgan fingerprint density at radius 3 is 2.67 bits per heavy atom. The molecule has 0 saturated heterocycles. The summed E-state index contributed by atoms with van der Waals surface area (Å²) in [5, 5.41) is 5.66. The number of carbonyl (C=O) groups is 1. The fourth-order valence-electron chi connectivity index (χ4n) is 2.50. The van der Waals surface area contributed by atoms with E-state index >= 15 is 0 Å². The van der Waals surface area contributed by atoms with Crippen LogP contribution in [0.5, 0.6) is 5.75 Å². The maximum absolute atomic E-state index is 12.7. The lowest BCUT2D eigenvalue weighted by Gasteiger charge is -2.21. The average molecular weight is 452 g/mol. The molecule has 0 unspecified atom stereocenters. The van der Waals surface area contributed by atoms with E-state index in [1.165, 1.54) is 36.6 Å². The predicted molar refractivity (Wildman–Crippen MR) is 110 cm³/mol. The standard InChI is InChI=1S/C19H21N3O6S2/c1-19(2,3)22-30(24,25)15-10-12(7-8-13(15)26-4)18(23)27-11-16-20-17(28-21-16)14-6-5-9-29-14/h5-10,22H,11H2,1-4H3. The topological polar surface area (TPSA) is 121 Å². The van der Waals surface area contributed by atoms with Gasteiger partial charge in [-0.15, -0.1) is 11.3 Å². The Kier molecular flexibility index (Phi) is 6.25. The summed E-state index contributed by atoms with van der Waals surface area (Å²) < 4.78 is 43.5. The molecule has 0 radical (unpaired) electrons. The second-order valence-corrected chi connectivity index (χ2v) is 9.89. The molecule has 0 amide bonds. The maximum atomic E-state index is 12.7. The van der Waals surface area contributed by atoms with Crippen molar-refractivity contribution in [3.05, 3.63) is 47.1 Å². The molecule has 0 saturated carbocycles. The molecule has 1 aromatic carbocycles. The Labute approximate surface area is 178 Å². The van der Waals surface area contributed by atoms with E-state index in [-0.39, 0.29) is 28.6 Å². The molecule has 0 fully saturated rings. The van der Waals surface area contributed by atoms with Gasteiger partial charge in [0.15, 0.2) is 6.61 Å². The minimum atomic E-state index is -3.93. The number of carbonyl (C=O) groups excluding carboxylic acids is 1. The average Bonchev–Trinajstić information content (AvgIpc) is 3.35. The summed E-state index contributed by atoms with van der Waals surface area (Å²) in [5.41, 5.74) is -0.661. The predicted octanol–water partition coefficient (Wildman–Crippen LogP) is 3.24. The maximum Gasteiger partial charge on any atom is 0.338 e. The highest BCUT2D eigenvalue weighted by Gasteiger charge is 2.26. The normalized spacial score (nSPS) is 12.0. The van der Waals surface area contributed by atoms with Crippen LogP contribution >= 0.6 is 11.3 Å². The van der Waals surface area contributed by atoms with Gasteiger partial charge in [-0.1, -0.05) is 11.2 Å². The van der Waals surface area contributed by atoms with Crippen LogP contribution in [0, 0.1) is 0 Å². The van der Waals surface area contributed by atoms with Gasteiger partial charge in [0.05, 0.1) is 17.6 Å². The zero-order valence-electron chi connectivity index (χ0n) is 16.8. The Morgan fingerprint density at radius 1 is 1.27 bits per heavy atom. The lowest BCUT2D eigenvalue weighted by Crippen LogP contribution is -2.40. The fourth-order valence-corrected chi connectivity index (χ4v) is 4.76. The van der Waals surface area contributed by atoms with E-state index in [0.29, 0.717) is 5.89 Å². The van der Waals surface area contributed by atoms with Gasteiger partial charge in [-0.3, -0.25) is 0 Å². The minimum Gasteiger partial charge on any atom is -0.495 e. The van der Waals surface area contributed by atoms with Gasteiger partial charge in [-0.05, 0) is 50.4 Å². The number of ether oxygens (including phenoxy) is 2. The summed E-state index contributed by atoms with van der Waals surface area (Å²) in [5.74, 6) is -0.0842. The van der Waals surface area contributed by atoms with Crippen molar-refractivity contribution < 1.29 is 27.2 Å². The van der Waals surface area contributed by atoms with Crippen LogP contribution in [0.25, 0.3) is 10.8 Å². The number of benzene rings is 1. The number of aromatic nitrogens is 2. The van der Waals surface area contributed by atoms with E-state index in [1.54, 1.807) is 20.8 Å². The molecule has 0 atom stereocenters. The second kappa shape index (κ2) is 8.54. The van der Waals surface area contributed by atoms with Gasteiger partial charge in [-0.2, -0.15) is 4.98 Å². The Morgan fingerprint density at radius 2 is 2.03 bits per heavy atom. The number of sulfonamides is 1. The molecule has 2 heterocycles. The molecular weight excluding hydrogens is 430 g/mol. The lowest BCUT2D eigenvalue weighted by molar-refractivity contribution is 0.0459. The monoisotopic (exact) mass is 451 g/mol. The molecule has 3 rings (SSSR count). The number of methoxy groups -OCH3 is 1. The molecule has 3 aromatic rings. The highest BCUT2D eigenvalue weighted by atomic mass is 32.2. The van der Waals surface area contributed by atoms with Crippen LogP contribution < -0.4 is 9.46 Å². The summed E-state index contributed by atoms with van der Waals surface area (Å²) in [6, 6.07) is 7.72. The van der Waals surface area contributed by atoms with Gasteiger partial charge in [0.2, 0.25) is 15.8 Å². The first-order chi connectivity index (χ1) is 14.1. The molecule has 1 N–H and O–H groups in total. The summed E-state index contributed by atoms with van der Waals surface area (Å²) in [6.45, 7) is 4.92. The van der Waals surface area contributed by atoms with Crippen LogP contribution in [-0.2, 0) is 21.4 Å². The summed E-state index contributed by atoms with van der Waals surface area (Å²) in [7, 11) is -2.57. The molecule has 9 nitrogen and oxygen atoms in total. The van der Waals surface area contributed by atoms with Crippen molar-refractivity contribution in [2.45, 2.75) is 37.8 Å². The highest BCUT2D eigenvalue weighted by molar-refractivity contribution is 7.89. The van der Waals surface area contributed by atoms with E-state index in [1.807, 2.05) is 17.5 Å². The molecule has 0 bridgehead atoms. The molecule has 0 spiro atoms. The Bertz CT molecular complexity index is 1130. The van der Waals surface area contributed by atoms with Crippen LogP contribution in [0.1, 0.15) is 37.0 Å². The summed E-state index contributed by atoms with van der Waals surface area (Å²) in [4.78, 5) is 17.3. The van der Waals surface area contributed by atoms with Crippen molar-refractivity contribution in [3.63, 3.8) is 0 Å². The first kappa shape index (κ1) is 21.9. The van der Waals surface area contributed by atoms with Gasteiger partial charge in [0.1, 0.15) is 10.6 Å². The Balaban J connectivity index is 1.76. The number of rotatable bonds is 7. The van der Waals surface area contributed by atoms with Crippen LogP contribution in [-0.4, -0.2) is 37.2 Å². The van der Waals surface area contributed by atoms with Gasteiger partial charge in [0.25, 0.3) is 5.89 Å². The SMILES string of the molecule is COc1ccc(C(=O)OCc2noc(-c3cccs3)n2)cc1S(=O)(=O)NC(C)(C)C. The minimum absolute atomic E-state index is 0.0482. The third-order valence-electron chi connectivity index (χ3n) is 3.66. The van der Waals surface area contributed by atoms with E-state index in [0.717, 1.165) is 4.88 Å². The molecule has 11 heteroatoms. The van der Waals surface area contributed by atoms with Gasteiger partial charge < -0.3 is 14.0 Å². The van der Waals surface area contributed by atoms with Crippen LogP contribution in [0.4, 0.5) is 0 Å². The number of nitrogens with one attached hydrogen (secondary N) is 1. The van der Waals surface area contributed by atoms with Crippen molar-refractivity contribution in [2.24, 2.45) is 0 Å². The number of hydrogen-bond acceptors (Lipinski definition) is 9. The van der Waals surface area contributed by atoms with Gasteiger partial charge in [-0.25, -0.2) is 17.9 Å². The number of esters is 1. The molecule has 0 aliphatic heterocycles. The smallest absolute Gasteiger partial charge is 0.338 e. The lowest BCUT2D eigenvalue weighted by atomic mass is 10.1. The number of thiophene rings is 1. The third kappa shape index (κ3) is 5.23. The molecule has 0 aliphatic rings. The largest absolute Gasteiger partial charge is 0.495 e. The first-order valence-electron chi connectivity index (χ1n) is 8.85. The van der Waals surface area contributed by atoms with Crippen LogP contribution in [0.3, 0.4) is 0 Å². The molecule has 30 heavy (non-hydrogen) atoms. The number of nitrogens with zero attached hydrogens (tertiary/aromatic N) is 2. The zero-order chi connectivity index (χ0) is 21.9. The Hall–Kier alpha value is -2.76. The summed E-state index contributed by atoms with van der Waals surface area (Å²) >= 11 is 1.44. The molecule has 0 aliphatic carbocycles. The van der Waals surface area contributed by atoms with Crippen molar-refractivity contribution in [2.75, 3.05) is 7.11 Å².